The van der Waals surface area contributed by atoms with Crippen molar-refractivity contribution in [2.45, 2.75) is 41.4 Å². The molecule has 1 atom stereocenters. The summed E-state index contributed by atoms with van der Waals surface area (Å²) in [4.78, 5) is 37.6. The van der Waals surface area contributed by atoms with Crippen LogP contribution in [0.3, 0.4) is 0 Å². The molecule has 0 saturated carbocycles. The molecule has 184 valence electrons. The first-order valence-electron chi connectivity index (χ1n) is 9.89. The van der Waals surface area contributed by atoms with E-state index in [9.17, 15) is 14.4 Å². The summed E-state index contributed by atoms with van der Waals surface area (Å²) in [5.41, 5.74) is 1.54. The first-order valence-corrected chi connectivity index (χ1v) is 12.8. The van der Waals surface area contributed by atoms with Gasteiger partial charge in [0.05, 0.1) is 6.04 Å². The van der Waals surface area contributed by atoms with Gasteiger partial charge in [-0.2, -0.15) is 0 Å². The Morgan fingerprint density at radius 2 is 1.79 bits per heavy atom. The maximum atomic E-state index is 12.9. The molecule has 1 amide bonds. The molecule has 0 fully saturated rings. The number of esters is 2. The van der Waals surface area contributed by atoms with Gasteiger partial charge in [0, 0.05) is 26.1 Å². The molecular weight excluding hydrogens is 549 g/mol. The predicted octanol–water partition coefficient (Wildman–Crippen LogP) is 4.90. The topological polar surface area (TPSA) is 108 Å². The number of alkyl halides is 3. The van der Waals surface area contributed by atoms with Crippen molar-refractivity contribution in [1.82, 2.24) is 15.1 Å². The maximum Gasteiger partial charge on any atom is 0.410 e. The highest BCUT2D eigenvalue weighted by Crippen LogP contribution is 2.41. The van der Waals surface area contributed by atoms with Crippen LogP contribution in [0.2, 0.25) is 0 Å². The van der Waals surface area contributed by atoms with Crippen LogP contribution in [0.5, 0.6) is 11.5 Å². The molecule has 9 nitrogen and oxygen atoms in total. The van der Waals surface area contributed by atoms with Gasteiger partial charge in [-0.3, -0.25) is 14.5 Å². The second-order valence-corrected chi connectivity index (χ2v) is 12.2. The van der Waals surface area contributed by atoms with Gasteiger partial charge >= 0.3 is 18.0 Å². The van der Waals surface area contributed by atoms with E-state index < -0.39 is 34.5 Å². The van der Waals surface area contributed by atoms with Gasteiger partial charge in [-0.05, 0) is 36.6 Å². The fraction of sp³-hybridized carbons (Fsp3) is 0.450. The number of ether oxygens (including phenoxy) is 3. The molecule has 3 rings (SSSR count). The van der Waals surface area contributed by atoms with E-state index >= 15 is 0 Å². The minimum atomic E-state index is -1.75. The Kier molecular flexibility index (Phi) is 8.91. The first kappa shape index (κ1) is 26.8. The fourth-order valence-electron chi connectivity index (χ4n) is 3.29. The Bertz CT molecular complexity index is 1090. The number of carbonyl (C=O) groups excluding carboxylic acids is 3. The summed E-state index contributed by atoms with van der Waals surface area (Å²) in [6, 6.07) is 2.74. The highest BCUT2D eigenvalue weighted by Gasteiger charge is 2.35. The van der Waals surface area contributed by atoms with Crippen LogP contribution in [-0.2, 0) is 20.7 Å². The minimum absolute atomic E-state index is 0.0692. The van der Waals surface area contributed by atoms with Gasteiger partial charge in [-0.25, -0.2) is 4.79 Å². The molecule has 0 radical (unpaired) electrons. The fourth-order valence-corrected chi connectivity index (χ4v) is 5.43. The van der Waals surface area contributed by atoms with Gasteiger partial charge in [0.25, 0.3) is 0 Å². The molecule has 1 unspecified atom stereocenters. The van der Waals surface area contributed by atoms with E-state index in [4.69, 9.17) is 49.0 Å². The molecule has 34 heavy (non-hydrogen) atoms. The van der Waals surface area contributed by atoms with E-state index in [1.165, 1.54) is 41.8 Å². The largest absolute Gasteiger partial charge is 0.445 e. The second-order valence-electron chi connectivity index (χ2n) is 7.21. The van der Waals surface area contributed by atoms with Crippen molar-refractivity contribution in [3.63, 3.8) is 0 Å². The molecule has 0 N–H and O–H groups in total. The van der Waals surface area contributed by atoms with Crippen LogP contribution in [0.15, 0.2) is 16.5 Å². The van der Waals surface area contributed by atoms with Gasteiger partial charge in [-0.1, -0.05) is 57.9 Å². The monoisotopic (exact) mass is 567 g/mol. The van der Waals surface area contributed by atoms with Crippen LogP contribution in [0.25, 0.3) is 0 Å². The number of halogens is 3. The molecule has 0 spiro atoms. The average molecular weight is 569 g/mol. The van der Waals surface area contributed by atoms with E-state index in [2.05, 4.69) is 10.2 Å². The highest BCUT2D eigenvalue weighted by atomic mass is 35.6. The van der Waals surface area contributed by atoms with E-state index in [-0.39, 0.29) is 11.5 Å². The van der Waals surface area contributed by atoms with Crippen LogP contribution < -0.4 is 9.47 Å². The Morgan fingerprint density at radius 3 is 2.35 bits per heavy atom. The van der Waals surface area contributed by atoms with E-state index in [1.54, 1.807) is 12.1 Å². The van der Waals surface area contributed by atoms with Crippen molar-refractivity contribution in [3.05, 3.63) is 28.3 Å². The second kappa shape index (κ2) is 11.3. The molecular formula is C20H20Cl3N3O6S2. The molecule has 0 bridgehead atoms. The third-order valence-electron chi connectivity index (χ3n) is 4.54. The number of thioether (sulfide) groups is 1. The van der Waals surface area contributed by atoms with E-state index in [0.29, 0.717) is 24.3 Å². The minimum Gasteiger partial charge on any atom is -0.445 e. The summed E-state index contributed by atoms with van der Waals surface area (Å²) in [5.74, 6) is -0.547. The lowest BCUT2D eigenvalue weighted by Gasteiger charge is -2.37. The third kappa shape index (κ3) is 7.35. The Morgan fingerprint density at radius 1 is 1.15 bits per heavy atom. The number of aryl methyl sites for hydroxylation is 1. The van der Waals surface area contributed by atoms with Crippen molar-refractivity contribution in [1.29, 1.82) is 0 Å². The lowest BCUT2D eigenvalue weighted by atomic mass is 9.93. The number of fused-ring (bicyclic) bond motifs is 1. The molecule has 2 heterocycles. The molecule has 2 aromatic rings. The average Bonchev–Trinajstić information content (AvgIpc) is 3.14. The smallest absolute Gasteiger partial charge is 0.410 e. The Balaban J connectivity index is 1.97. The van der Waals surface area contributed by atoms with Crippen molar-refractivity contribution in [2.75, 3.05) is 18.9 Å². The quantitative estimate of drug-likeness (QED) is 0.208. The molecule has 1 aliphatic rings. The third-order valence-corrected chi connectivity index (χ3v) is 6.91. The Hall–Kier alpha value is -1.79. The summed E-state index contributed by atoms with van der Waals surface area (Å²) in [7, 11) is 0. The van der Waals surface area contributed by atoms with Gasteiger partial charge < -0.3 is 14.2 Å². The zero-order valence-electron chi connectivity index (χ0n) is 18.3. The van der Waals surface area contributed by atoms with Crippen molar-refractivity contribution in [3.8, 4) is 11.5 Å². The summed E-state index contributed by atoms with van der Waals surface area (Å²) in [5, 5.41) is 8.94. The molecule has 1 aliphatic heterocycles. The van der Waals surface area contributed by atoms with E-state index in [0.717, 1.165) is 14.9 Å². The molecule has 1 aromatic heterocycles. The molecule has 0 aliphatic carbocycles. The number of carbonyl (C=O) groups is 3. The summed E-state index contributed by atoms with van der Waals surface area (Å²) in [6.45, 7) is 4.23. The lowest BCUT2D eigenvalue weighted by Crippen LogP contribution is -2.42. The zero-order valence-corrected chi connectivity index (χ0v) is 22.2. The highest BCUT2D eigenvalue weighted by molar-refractivity contribution is 8.01. The lowest BCUT2D eigenvalue weighted by molar-refractivity contribution is -0.134. The predicted molar refractivity (Wildman–Crippen MR) is 129 cm³/mol. The van der Waals surface area contributed by atoms with Crippen molar-refractivity contribution < 1.29 is 28.6 Å². The number of hydrogen-bond acceptors (Lipinski definition) is 10. The molecule has 14 heteroatoms. The van der Waals surface area contributed by atoms with E-state index in [1.807, 2.05) is 6.92 Å². The summed E-state index contributed by atoms with van der Waals surface area (Å²) >= 11 is 20.0. The van der Waals surface area contributed by atoms with Gasteiger partial charge in [-0.15, -0.1) is 10.2 Å². The maximum absolute atomic E-state index is 12.9. The first-order chi connectivity index (χ1) is 15.9. The van der Waals surface area contributed by atoms with Crippen molar-refractivity contribution >= 4 is 75.9 Å². The number of amides is 1. The van der Waals surface area contributed by atoms with Crippen LogP contribution in [0, 0.1) is 6.92 Å². The number of nitrogens with zero attached hydrogens (tertiary/aromatic N) is 3. The normalized spacial score (nSPS) is 15.5. The van der Waals surface area contributed by atoms with Crippen LogP contribution >= 0.6 is 57.9 Å². The van der Waals surface area contributed by atoms with Gasteiger partial charge in [0.1, 0.15) is 11.6 Å². The summed E-state index contributed by atoms with van der Waals surface area (Å²) in [6.07, 6.45) is -0.222. The number of hydrogen-bond donors (Lipinski definition) is 0. The van der Waals surface area contributed by atoms with Crippen molar-refractivity contribution in [2.24, 2.45) is 0 Å². The molecule has 0 saturated heterocycles. The van der Waals surface area contributed by atoms with Crippen LogP contribution in [0.1, 0.15) is 36.0 Å². The number of aromatic nitrogens is 2. The number of rotatable bonds is 6. The zero-order chi connectivity index (χ0) is 25.0. The van der Waals surface area contributed by atoms with Crippen LogP contribution in [0.4, 0.5) is 4.79 Å². The Labute approximate surface area is 219 Å². The number of benzene rings is 1. The molecule has 1 aromatic carbocycles. The van der Waals surface area contributed by atoms with Gasteiger partial charge in [0.15, 0.2) is 15.8 Å². The summed E-state index contributed by atoms with van der Waals surface area (Å²) < 4.78 is 14.7. The standard InChI is InChI=1S/C20H20Cl3N3O6S2/c1-10-24-25-18(34-10)33-8-15-14-7-17(32-12(3)28)16(31-11(2)27)6-13(14)4-5-26(15)19(29)30-9-20(21,22)23/h6-7,15H,4-5,8-9H2,1-3H3. The van der Waals surface area contributed by atoms with Gasteiger partial charge in [0.2, 0.25) is 3.79 Å². The van der Waals surface area contributed by atoms with Crippen LogP contribution in [-0.4, -0.2) is 55.8 Å². The SMILES string of the molecule is CC(=O)Oc1cc2c(cc1OC(C)=O)C(CSc1nnc(C)s1)N(C(=O)OCC(Cl)(Cl)Cl)CC2.